The molecule has 2 heterocycles. The lowest BCUT2D eigenvalue weighted by molar-refractivity contribution is 0.00578. The van der Waals surface area contributed by atoms with Crippen molar-refractivity contribution in [1.82, 2.24) is 9.71 Å². The Bertz CT molecular complexity index is 786. The highest BCUT2D eigenvalue weighted by molar-refractivity contribution is 7.89. The molecule has 1 aliphatic rings. The molecule has 1 atom stereocenters. The van der Waals surface area contributed by atoms with Crippen LogP contribution < -0.4 is 14.9 Å². The zero-order valence-corrected chi connectivity index (χ0v) is 18.5. The standard InChI is InChI=1S/C18H31BN2O5S/c1-12(16(2,3)4)21-27(22,23)14-10-13(11-20-15(14)24-9)19-25-17(5,6)18(7,8)26-19/h10-12,21H,1-9H3. The summed E-state index contributed by atoms with van der Waals surface area (Å²) in [7, 11) is -3.16. The number of sulfonamides is 1. The van der Waals surface area contributed by atoms with E-state index in [2.05, 4.69) is 9.71 Å². The van der Waals surface area contributed by atoms with Gasteiger partial charge in [-0.05, 0) is 46.1 Å². The highest BCUT2D eigenvalue weighted by Gasteiger charge is 2.52. The largest absolute Gasteiger partial charge is 0.496 e. The average Bonchev–Trinajstić information content (AvgIpc) is 2.73. The second kappa shape index (κ2) is 7.02. The zero-order valence-electron chi connectivity index (χ0n) is 17.7. The Hall–Kier alpha value is -1.16. The molecule has 1 saturated heterocycles. The normalized spacial score (nSPS) is 20.6. The van der Waals surface area contributed by atoms with E-state index in [0.717, 1.165) is 0 Å². The molecule has 0 spiro atoms. The summed E-state index contributed by atoms with van der Waals surface area (Å²) in [5.74, 6) is 0.0314. The van der Waals surface area contributed by atoms with Crippen LogP contribution in [0.2, 0.25) is 0 Å². The predicted molar refractivity (Wildman–Crippen MR) is 106 cm³/mol. The zero-order chi connectivity index (χ0) is 20.8. The lowest BCUT2D eigenvalue weighted by Gasteiger charge is -2.32. The van der Waals surface area contributed by atoms with Gasteiger partial charge in [0.2, 0.25) is 15.9 Å². The van der Waals surface area contributed by atoms with Crippen molar-refractivity contribution in [3.8, 4) is 5.88 Å². The molecular formula is C18H31BN2O5S. The summed E-state index contributed by atoms with van der Waals surface area (Å²) in [6, 6.07) is 1.22. The minimum Gasteiger partial charge on any atom is -0.480 e. The third kappa shape index (κ3) is 4.47. The first-order valence-electron chi connectivity index (χ1n) is 9.02. The molecule has 152 valence electrons. The molecule has 1 aliphatic heterocycles. The van der Waals surface area contributed by atoms with E-state index >= 15 is 0 Å². The number of nitrogens with one attached hydrogen (secondary N) is 1. The fourth-order valence-electron chi connectivity index (χ4n) is 2.37. The van der Waals surface area contributed by atoms with E-state index in [1.165, 1.54) is 19.4 Å². The molecule has 1 unspecified atom stereocenters. The number of pyridine rings is 1. The van der Waals surface area contributed by atoms with Crippen molar-refractivity contribution in [2.24, 2.45) is 5.41 Å². The van der Waals surface area contributed by atoms with E-state index in [-0.39, 0.29) is 22.2 Å². The van der Waals surface area contributed by atoms with Gasteiger partial charge in [0.05, 0.1) is 18.3 Å². The van der Waals surface area contributed by atoms with Crippen LogP contribution in [0.1, 0.15) is 55.4 Å². The summed E-state index contributed by atoms with van der Waals surface area (Å²) in [4.78, 5) is 4.14. The van der Waals surface area contributed by atoms with Gasteiger partial charge in [-0.25, -0.2) is 18.1 Å². The van der Waals surface area contributed by atoms with E-state index in [4.69, 9.17) is 14.0 Å². The smallest absolute Gasteiger partial charge is 0.480 e. The van der Waals surface area contributed by atoms with Crippen LogP contribution in [-0.2, 0) is 19.3 Å². The van der Waals surface area contributed by atoms with Crippen molar-refractivity contribution < 1.29 is 22.5 Å². The Labute approximate surface area is 163 Å². The van der Waals surface area contributed by atoms with Crippen molar-refractivity contribution in [2.75, 3.05) is 7.11 Å². The molecule has 0 aliphatic carbocycles. The van der Waals surface area contributed by atoms with Gasteiger partial charge >= 0.3 is 7.12 Å². The van der Waals surface area contributed by atoms with E-state index < -0.39 is 28.3 Å². The first kappa shape index (κ1) is 22.1. The van der Waals surface area contributed by atoms with Gasteiger partial charge in [0.15, 0.2) is 0 Å². The summed E-state index contributed by atoms with van der Waals surface area (Å²) >= 11 is 0. The third-order valence-corrected chi connectivity index (χ3v) is 7.01. The van der Waals surface area contributed by atoms with Crippen molar-refractivity contribution >= 4 is 22.6 Å². The lowest BCUT2D eigenvalue weighted by atomic mass is 9.80. The Morgan fingerprint density at radius 2 is 1.70 bits per heavy atom. The van der Waals surface area contributed by atoms with Crippen molar-refractivity contribution in [3.63, 3.8) is 0 Å². The molecule has 1 N–H and O–H groups in total. The molecule has 7 nitrogen and oxygen atoms in total. The van der Waals surface area contributed by atoms with Gasteiger partial charge in [-0.3, -0.25) is 0 Å². The quantitative estimate of drug-likeness (QED) is 0.765. The molecule has 0 amide bonds. The Kier molecular flexibility index (Phi) is 5.76. The van der Waals surface area contributed by atoms with Gasteiger partial charge in [-0.2, -0.15) is 0 Å². The van der Waals surface area contributed by atoms with Gasteiger partial charge in [-0.1, -0.05) is 20.8 Å². The molecule has 1 aromatic rings. The van der Waals surface area contributed by atoms with E-state index in [9.17, 15) is 8.42 Å². The highest BCUT2D eigenvalue weighted by Crippen LogP contribution is 2.36. The van der Waals surface area contributed by atoms with Gasteiger partial charge in [-0.15, -0.1) is 0 Å². The Morgan fingerprint density at radius 3 is 2.15 bits per heavy atom. The molecular weight excluding hydrogens is 367 g/mol. The maximum Gasteiger partial charge on any atom is 0.496 e. The van der Waals surface area contributed by atoms with Gasteiger partial charge in [0.25, 0.3) is 0 Å². The van der Waals surface area contributed by atoms with E-state index in [1.807, 2.05) is 55.4 Å². The maximum atomic E-state index is 13.0. The molecule has 0 saturated carbocycles. The number of aromatic nitrogens is 1. The summed E-state index contributed by atoms with van der Waals surface area (Å²) in [6.07, 6.45) is 1.52. The summed E-state index contributed by atoms with van der Waals surface area (Å²) in [5.41, 5.74) is -0.777. The van der Waals surface area contributed by atoms with E-state index in [1.54, 1.807) is 0 Å². The highest BCUT2D eigenvalue weighted by atomic mass is 32.2. The van der Waals surface area contributed by atoms with Crippen molar-refractivity contribution in [1.29, 1.82) is 0 Å². The summed E-state index contributed by atoms with van der Waals surface area (Å²) < 4.78 is 45.9. The number of rotatable bonds is 5. The number of ether oxygens (including phenoxy) is 1. The van der Waals surface area contributed by atoms with Crippen LogP contribution in [0.5, 0.6) is 5.88 Å². The minimum absolute atomic E-state index is 0.0314. The first-order chi connectivity index (χ1) is 12.1. The lowest BCUT2D eigenvalue weighted by Crippen LogP contribution is -2.42. The maximum absolute atomic E-state index is 13.0. The summed E-state index contributed by atoms with van der Waals surface area (Å²) in [5, 5.41) is 0. The molecule has 9 heteroatoms. The first-order valence-corrected chi connectivity index (χ1v) is 10.5. The van der Waals surface area contributed by atoms with Crippen LogP contribution >= 0.6 is 0 Å². The molecule has 27 heavy (non-hydrogen) atoms. The van der Waals surface area contributed by atoms with Crippen LogP contribution in [0, 0.1) is 5.41 Å². The fourth-order valence-corrected chi connectivity index (χ4v) is 3.98. The van der Waals surface area contributed by atoms with Crippen LogP contribution in [0.15, 0.2) is 17.2 Å². The van der Waals surface area contributed by atoms with Gasteiger partial charge < -0.3 is 14.0 Å². The van der Waals surface area contributed by atoms with Crippen molar-refractivity contribution in [3.05, 3.63) is 12.3 Å². The Balaban J connectivity index is 2.42. The number of methoxy groups -OCH3 is 1. The van der Waals surface area contributed by atoms with Gasteiger partial charge in [0.1, 0.15) is 4.90 Å². The number of hydrogen-bond acceptors (Lipinski definition) is 6. The second-order valence-corrected chi connectivity index (χ2v) is 10.8. The topological polar surface area (TPSA) is 86.8 Å². The molecule has 1 fully saturated rings. The predicted octanol–water partition coefficient (Wildman–Crippen LogP) is 2.10. The fraction of sp³-hybridized carbons (Fsp3) is 0.722. The van der Waals surface area contributed by atoms with Gasteiger partial charge in [0, 0.05) is 17.7 Å². The van der Waals surface area contributed by atoms with Crippen molar-refractivity contribution in [2.45, 2.75) is 77.5 Å². The van der Waals surface area contributed by atoms with Crippen LogP contribution in [-0.4, -0.2) is 44.9 Å². The molecule has 1 aromatic heterocycles. The monoisotopic (exact) mass is 398 g/mol. The van der Waals surface area contributed by atoms with Crippen LogP contribution in [0.3, 0.4) is 0 Å². The summed E-state index contributed by atoms with van der Waals surface area (Å²) in [6.45, 7) is 15.5. The minimum atomic E-state index is -3.84. The molecule has 0 radical (unpaired) electrons. The Morgan fingerprint density at radius 1 is 1.19 bits per heavy atom. The van der Waals surface area contributed by atoms with Crippen LogP contribution in [0.4, 0.5) is 0 Å². The molecule has 0 aromatic carbocycles. The van der Waals surface area contributed by atoms with Crippen LogP contribution in [0.25, 0.3) is 0 Å². The SMILES string of the molecule is COc1ncc(B2OC(C)(C)C(C)(C)O2)cc1S(=O)(=O)NC(C)C(C)(C)C. The van der Waals surface area contributed by atoms with E-state index in [0.29, 0.717) is 5.46 Å². The molecule has 0 bridgehead atoms. The molecule has 2 rings (SSSR count). The number of hydrogen-bond donors (Lipinski definition) is 1. The average molecular weight is 398 g/mol. The number of nitrogens with zero attached hydrogens (tertiary/aromatic N) is 1. The third-order valence-electron chi connectivity index (χ3n) is 5.48. The second-order valence-electron chi connectivity index (χ2n) is 9.07.